The van der Waals surface area contributed by atoms with Crippen molar-refractivity contribution in [2.24, 2.45) is 5.92 Å². The SMILES string of the molecule is O=S(=O)(NCC(CO)Cc1ccccc1)c1cnn2ccc(NCc3ccsc3Cl)nc12. The molecule has 0 spiro atoms. The summed E-state index contributed by atoms with van der Waals surface area (Å²) in [5.74, 6) is 0.253. The number of benzene rings is 1. The fourth-order valence-corrected chi connectivity index (χ4v) is 5.32. The predicted molar refractivity (Wildman–Crippen MR) is 126 cm³/mol. The fourth-order valence-electron chi connectivity index (χ4n) is 3.22. The maximum Gasteiger partial charge on any atom is 0.245 e. The number of fused-ring (bicyclic) bond motifs is 1. The minimum atomic E-state index is -3.88. The Morgan fingerprint density at radius 2 is 2.00 bits per heavy atom. The summed E-state index contributed by atoms with van der Waals surface area (Å²) in [7, 11) is -3.88. The fraction of sp³-hybridized carbons (Fsp3) is 0.238. The monoisotopic (exact) mass is 491 g/mol. The summed E-state index contributed by atoms with van der Waals surface area (Å²) >= 11 is 7.58. The average Bonchev–Trinajstić information content (AvgIpc) is 3.41. The Labute approximate surface area is 194 Å². The Balaban J connectivity index is 1.47. The molecule has 32 heavy (non-hydrogen) atoms. The summed E-state index contributed by atoms with van der Waals surface area (Å²) < 4.78 is 30.6. The van der Waals surface area contributed by atoms with Crippen LogP contribution >= 0.6 is 22.9 Å². The summed E-state index contributed by atoms with van der Waals surface area (Å²) in [5, 5.41) is 18.9. The molecule has 0 bridgehead atoms. The lowest BCUT2D eigenvalue weighted by atomic mass is 10.0. The topological polar surface area (TPSA) is 109 Å². The predicted octanol–water partition coefficient (Wildman–Crippen LogP) is 3.19. The number of nitrogens with one attached hydrogen (secondary N) is 2. The Bertz CT molecular complexity index is 1290. The van der Waals surface area contributed by atoms with Crippen LogP contribution in [0.25, 0.3) is 5.65 Å². The van der Waals surface area contributed by atoms with E-state index >= 15 is 0 Å². The first kappa shape index (κ1) is 22.7. The molecular weight excluding hydrogens is 470 g/mol. The minimum Gasteiger partial charge on any atom is -0.396 e. The number of nitrogens with zero attached hydrogens (tertiary/aromatic N) is 3. The van der Waals surface area contributed by atoms with Gasteiger partial charge >= 0.3 is 0 Å². The molecule has 4 aromatic rings. The van der Waals surface area contributed by atoms with Crippen molar-refractivity contribution in [3.63, 3.8) is 0 Å². The molecule has 1 unspecified atom stereocenters. The summed E-state index contributed by atoms with van der Waals surface area (Å²) in [4.78, 5) is 4.40. The number of anilines is 1. The lowest BCUT2D eigenvalue weighted by Crippen LogP contribution is -2.32. The Hall–Kier alpha value is -2.50. The van der Waals surface area contributed by atoms with Gasteiger partial charge in [0.2, 0.25) is 10.0 Å². The van der Waals surface area contributed by atoms with Gasteiger partial charge in [0.05, 0.1) is 10.5 Å². The van der Waals surface area contributed by atoms with Crippen LogP contribution < -0.4 is 10.0 Å². The zero-order valence-electron chi connectivity index (χ0n) is 17.0. The molecule has 11 heteroatoms. The van der Waals surface area contributed by atoms with E-state index in [0.717, 1.165) is 11.1 Å². The first-order valence-corrected chi connectivity index (χ1v) is 12.6. The number of sulfonamides is 1. The maximum absolute atomic E-state index is 13.0. The summed E-state index contributed by atoms with van der Waals surface area (Å²) in [5.41, 5.74) is 2.18. The van der Waals surface area contributed by atoms with Crippen LogP contribution in [0.5, 0.6) is 0 Å². The smallest absolute Gasteiger partial charge is 0.245 e. The number of hydrogen-bond acceptors (Lipinski definition) is 7. The second-order valence-corrected chi connectivity index (χ2v) is 10.5. The van der Waals surface area contributed by atoms with Gasteiger partial charge in [-0.05, 0) is 35.4 Å². The van der Waals surface area contributed by atoms with Gasteiger partial charge in [0, 0.05) is 31.5 Å². The van der Waals surface area contributed by atoms with Gasteiger partial charge in [-0.15, -0.1) is 11.3 Å². The largest absolute Gasteiger partial charge is 0.396 e. The molecule has 3 aromatic heterocycles. The van der Waals surface area contributed by atoms with Gasteiger partial charge in [0.25, 0.3) is 0 Å². The third-order valence-corrected chi connectivity index (χ3v) is 7.63. The zero-order valence-corrected chi connectivity index (χ0v) is 19.4. The first-order valence-electron chi connectivity index (χ1n) is 9.91. The quantitative estimate of drug-likeness (QED) is 0.314. The van der Waals surface area contributed by atoms with E-state index in [2.05, 4.69) is 20.1 Å². The number of aromatic nitrogens is 3. The average molecular weight is 492 g/mol. The number of aliphatic hydroxyl groups excluding tert-OH is 1. The second kappa shape index (κ2) is 9.97. The van der Waals surface area contributed by atoms with Crippen molar-refractivity contribution in [1.29, 1.82) is 0 Å². The van der Waals surface area contributed by atoms with Crippen LogP contribution in [0.2, 0.25) is 4.34 Å². The van der Waals surface area contributed by atoms with Crippen molar-refractivity contribution in [1.82, 2.24) is 19.3 Å². The Kier molecular flexibility index (Phi) is 7.07. The van der Waals surface area contributed by atoms with E-state index < -0.39 is 10.0 Å². The minimum absolute atomic E-state index is 0.0221. The molecule has 8 nitrogen and oxygen atoms in total. The molecule has 0 aliphatic rings. The van der Waals surface area contributed by atoms with E-state index in [1.54, 1.807) is 12.3 Å². The zero-order chi connectivity index (χ0) is 22.6. The van der Waals surface area contributed by atoms with Crippen molar-refractivity contribution < 1.29 is 13.5 Å². The van der Waals surface area contributed by atoms with Gasteiger partial charge in [-0.2, -0.15) is 5.10 Å². The Morgan fingerprint density at radius 1 is 1.19 bits per heavy atom. The van der Waals surface area contributed by atoms with Gasteiger partial charge in [0.1, 0.15) is 10.7 Å². The lowest BCUT2D eigenvalue weighted by molar-refractivity contribution is 0.227. The first-order chi connectivity index (χ1) is 15.5. The highest BCUT2D eigenvalue weighted by molar-refractivity contribution is 7.89. The number of thiophene rings is 1. The van der Waals surface area contributed by atoms with Crippen molar-refractivity contribution in [2.45, 2.75) is 17.9 Å². The second-order valence-electron chi connectivity index (χ2n) is 7.25. The van der Waals surface area contributed by atoms with E-state index in [9.17, 15) is 13.5 Å². The van der Waals surface area contributed by atoms with Gasteiger partial charge in [-0.3, -0.25) is 0 Å². The van der Waals surface area contributed by atoms with Crippen molar-refractivity contribution in [2.75, 3.05) is 18.5 Å². The summed E-state index contributed by atoms with van der Waals surface area (Å²) in [6.07, 6.45) is 3.48. The van der Waals surface area contributed by atoms with E-state index in [1.807, 2.05) is 41.8 Å². The highest BCUT2D eigenvalue weighted by atomic mass is 35.5. The van der Waals surface area contributed by atoms with Crippen LogP contribution in [-0.4, -0.2) is 41.3 Å². The molecule has 0 aliphatic carbocycles. The molecule has 0 radical (unpaired) electrons. The van der Waals surface area contributed by atoms with Gasteiger partial charge in [-0.1, -0.05) is 41.9 Å². The molecule has 1 aromatic carbocycles. The van der Waals surface area contributed by atoms with Crippen LogP contribution in [0.3, 0.4) is 0 Å². The molecule has 4 rings (SSSR count). The van der Waals surface area contributed by atoms with Crippen molar-refractivity contribution in [3.05, 3.63) is 75.7 Å². The summed E-state index contributed by atoms with van der Waals surface area (Å²) in [6.45, 7) is 0.431. The highest BCUT2D eigenvalue weighted by Crippen LogP contribution is 2.24. The van der Waals surface area contributed by atoms with Crippen LogP contribution in [-0.2, 0) is 23.0 Å². The van der Waals surface area contributed by atoms with Gasteiger partial charge in [0.15, 0.2) is 5.65 Å². The molecule has 0 saturated carbocycles. The van der Waals surface area contributed by atoms with Gasteiger partial charge in [-0.25, -0.2) is 22.6 Å². The van der Waals surface area contributed by atoms with E-state index in [1.165, 1.54) is 22.0 Å². The third-order valence-electron chi connectivity index (χ3n) is 4.97. The normalized spacial score (nSPS) is 12.8. The number of halogens is 1. The number of hydrogen-bond donors (Lipinski definition) is 3. The van der Waals surface area contributed by atoms with Crippen LogP contribution in [0, 0.1) is 5.92 Å². The molecule has 3 heterocycles. The molecule has 0 amide bonds. The number of rotatable bonds is 10. The molecule has 1 atom stereocenters. The molecule has 0 aliphatic heterocycles. The maximum atomic E-state index is 13.0. The van der Waals surface area contributed by atoms with Crippen molar-refractivity contribution >= 4 is 44.4 Å². The molecule has 3 N–H and O–H groups in total. The van der Waals surface area contributed by atoms with Crippen LogP contribution in [0.15, 0.2) is 65.1 Å². The van der Waals surface area contributed by atoms with Crippen LogP contribution in [0.1, 0.15) is 11.1 Å². The highest BCUT2D eigenvalue weighted by Gasteiger charge is 2.22. The van der Waals surface area contributed by atoms with E-state index in [4.69, 9.17) is 11.6 Å². The van der Waals surface area contributed by atoms with Crippen LogP contribution in [0.4, 0.5) is 5.82 Å². The standard InChI is InChI=1S/C21H22ClN5O3S2/c22-20-17(7-9-31-20)12-23-19-6-8-27-21(26-19)18(13-24-27)32(29,30)25-11-16(14-28)10-15-4-2-1-3-5-15/h1-9,13,16,25,28H,10-12,14H2,(H,23,26). The van der Waals surface area contributed by atoms with E-state index in [0.29, 0.717) is 23.1 Å². The Morgan fingerprint density at radius 3 is 2.72 bits per heavy atom. The molecule has 0 saturated heterocycles. The molecular formula is C21H22ClN5O3S2. The summed E-state index contributed by atoms with van der Waals surface area (Å²) in [6, 6.07) is 13.3. The number of aliphatic hydroxyl groups is 1. The van der Waals surface area contributed by atoms with Gasteiger partial charge < -0.3 is 10.4 Å². The van der Waals surface area contributed by atoms with Crippen molar-refractivity contribution in [3.8, 4) is 0 Å². The third kappa shape index (κ3) is 5.28. The van der Waals surface area contributed by atoms with E-state index in [-0.39, 0.29) is 29.6 Å². The molecule has 168 valence electrons. The molecule has 0 fully saturated rings. The lowest BCUT2D eigenvalue weighted by Gasteiger charge is -2.15.